The Kier molecular flexibility index (Phi) is 6.11. The zero-order chi connectivity index (χ0) is 25.9. The molecular formula is C28H30F3N5OS. The lowest BCUT2D eigenvalue weighted by Gasteiger charge is -2.46. The van der Waals surface area contributed by atoms with E-state index in [0.29, 0.717) is 25.3 Å². The number of H-pyrrole nitrogens is 1. The summed E-state index contributed by atoms with van der Waals surface area (Å²) >= 11 is 1.60. The Balaban J connectivity index is 1.19. The van der Waals surface area contributed by atoms with Crippen molar-refractivity contribution in [3.63, 3.8) is 0 Å². The first-order valence-electron chi connectivity index (χ1n) is 13.3. The molecule has 0 spiro atoms. The molecule has 6 nitrogen and oxygen atoms in total. The number of anilines is 1. The Bertz CT molecular complexity index is 1460. The number of ether oxygens (including phenoxy) is 1. The topological polar surface area (TPSA) is 47.6 Å². The van der Waals surface area contributed by atoms with E-state index in [-0.39, 0.29) is 24.9 Å². The molecule has 1 N–H and O–H groups in total. The second-order valence-corrected chi connectivity index (χ2v) is 11.8. The van der Waals surface area contributed by atoms with E-state index >= 15 is 4.39 Å². The number of pyridine rings is 1. The van der Waals surface area contributed by atoms with Gasteiger partial charge in [-0.1, -0.05) is 0 Å². The third kappa shape index (κ3) is 4.47. The minimum atomic E-state index is -2.51. The zero-order valence-electron chi connectivity index (χ0n) is 21.1. The number of morpholine rings is 1. The van der Waals surface area contributed by atoms with Crippen molar-refractivity contribution in [3.8, 4) is 10.4 Å². The van der Waals surface area contributed by atoms with Gasteiger partial charge in [0.2, 0.25) is 0 Å². The summed E-state index contributed by atoms with van der Waals surface area (Å²) in [4.78, 5) is 15.8. The minimum Gasteiger partial charge on any atom is -0.378 e. The number of piperidine rings is 1. The molecule has 0 saturated carbocycles. The molecule has 1 aromatic carbocycles. The maximum Gasteiger partial charge on any atom is 0.272 e. The lowest BCUT2D eigenvalue weighted by Crippen LogP contribution is -2.61. The van der Waals surface area contributed by atoms with Gasteiger partial charge in [0.05, 0.1) is 32.0 Å². The molecule has 3 aliphatic heterocycles. The van der Waals surface area contributed by atoms with Crippen LogP contribution < -0.4 is 4.90 Å². The number of thiophene rings is 1. The van der Waals surface area contributed by atoms with Crippen LogP contribution in [0.2, 0.25) is 0 Å². The van der Waals surface area contributed by atoms with Crippen LogP contribution in [-0.4, -0.2) is 84.2 Å². The van der Waals surface area contributed by atoms with Gasteiger partial charge in [0.15, 0.2) is 0 Å². The van der Waals surface area contributed by atoms with Crippen LogP contribution in [0.4, 0.5) is 19.0 Å². The van der Waals surface area contributed by atoms with Gasteiger partial charge in [-0.25, -0.2) is 18.2 Å². The number of likely N-dealkylation sites (tertiary alicyclic amines) is 2. The summed E-state index contributed by atoms with van der Waals surface area (Å²) < 4.78 is 48.5. The highest BCUT2D eigenvalue weighted by Gasteiger charge is 2.46. The molecule has 3 saturated heterocycles. The van der Waals surface area contributed by atoms with Gasteiger partial charge >= 0.3 is 0 Å². The van der Waals surface area contributed by atoms with Crippen LogP contribution in [0, 0.1) is 5.82 Å². The van der Waals surface area contributed by atoms with E-state index in [0.717, 1.165) is 76.4 Å². The van der Waals surface area contributed by atoms with Crippen molar-refractivity contribution in [2.75, 3.05) is 57.4 Å². The van der Waals surface area contributed by atoms with Gasteiger partial charge in [0.25, 0.3) is 5.92 Å². The highest BCUT2D eigenvalue weighted by molar-refractivity contribution is 7.22. The van der Waals surface area contributed by atoms with E-state index in [1.807, 2.05) is 17.2 Å². The van der Waals surface area contributed by atoms with Crippen LogP contribution >= 0.6 is 11.3 Å². The highest BCUT2D eigenvalue weighted by Crippen LogP contribution is 2.42. The molecular weight excluding hydrogens is 511 g/mol. The zero-order valence-corrected chi connectivity index (χ0v) is 21.9. The largest absolute Gasteiger partial charge is 0.378 e. The summed E-state index contributed by atoms with van der Waals surface area (Å²) in [5.41, 5.74) is 2.52. The predicted octanol–water partition coefficient (Wildman–Crippen LogP) is 5.34. The van der Waals surface area contributed by atoms with Crippen molar-refractivity contribution in [1.82, 2.24) is 19.8 Å². The van der Waals surface area contributed by atoms with Gasteiger partial charge in [0, 0.05) is 76.4 Å². The molecule has 6 heterocycles. The van der Waals surface area contributed by atoms with E-state index in [9.17, 15) is 8.78 Å². The van der Waals surface area contributed by atoms with Gasteiger partial charge in [-0.2, -0.15) is 0 Å². The van der Waals surface area contributed by atoms with Crippen LogP contribution in [0.25, 0.3) is 31.4 Å². The summed E-state index contributed by atoms with van der Waals surface area (Å²) in [7, 11) is 0. The van der Waals surface area contributed by atoms with Crippen molar-refractivity contribution in [2.45, 2.75) is 31.4 Å². The Morgan fingerprint density at radius 3 is 2.58 bits per heavy atom. The van der Waals surface area contributed by atoms with Crippen LogP contribution in [-0.2, 0) is 11.3 Å². The molecule has 0 bridgehead atoms. The predicted molar refractivity (Wildman–Crippen MR) is 145 cm³/mol. The molecule has 3 aliphatic rings. The van der Waals surface area contributed by atoms with Crippen LogP contribution in [0.3, 0.4) is 0 Å². The van der Waals surface area contributed by atoms with Crippen LogP contribution in [0.1, 0.15) is 18.5 Å². The number of nitrogens with one attached hydrogen (secondary N) is 1. The average Bonchev–Trinajstić information content (AvgIpc) is 3.55. The van der Waals surface area contributed by atoms with E-state index in [1.54, 1.807) is 17.4 Å². The molecule has 10 heteroatoms. The maximum absolute atomic E-state index is 15.1. The van der Waals surface area contributed by atoms with E-state index < -0.39 is 5.92 Å². The van der Waals surface area contributed by atoms with Gasteiger partial charge in [-0.3, -0.25) is 9.80 Å². The quantitative estimate of drug-likeness (QED) is 0.370. The van der Waals surface area contributed by atoms with E-state index in [4.69, 9.17) is 9.72 Å². The summed E-state index contributed by atoms with van der Waals surface area (Å²) in [6, 6.07) is 9.70. The maximum atomic E-state index is 15.1. The molecule has 3 fully saturated rings. The van der Waals surface area contributed by atoms with Gasteiger partial charge in [-0.15, -0.1) is 11.3 Å². The molecule has 200 valence electrons. The molecule has 0 unspecified atom stereocenters. The summed E-state index contributed by atoms with van der Waals surface area (Å²) in [5.74, 6) is -1.81. The number of fused-ring (bicyclic) bond motifs is 2. The first-order chi connectivity index (χ1) is 18.4. The fraction of sp³-hybridized carbons (Fsp3) is 0.464. The Labute approximate surface area is 223 Å². The SMILES string of the molecule is Fc1ccc2[nH]ccc2c1-c1cc2c(N3CCOCC3)nc(CN3CCC(N4CC(F)(F)C4)CC3)cc2s1. The average molecular weight is 542 g/mol. The van der Waals surface area contributed by atoms with E-state index in [1.165, 1.54) is 6.07 Å². The number of hydrogen-bond acceptors (Lipinski definition) is 6. The van der Waals surface area contributed by atoms with Crippen LogP contribution in [0.15, 0.2) is 36.5 Å². The number of rotatable bonds is 5. The van der Waals surface area contributed by atoms with Crippen molar-refractivity contribution in [2.24, 2.45) is 0 Å². The summed E-state index contributed by atoms with van der Waals surface area (Å²) in [5, 5.41) is 1.92. The lowest BCUT2D eigenvalue weighted by molar-refractivity contribution is -0.151. The third-order valence-corrected chi connectivity index (χ3v) is 9.22. The fourth-order valence-electron chi connectivity index (χ4n) is 6.12. The number of aromatic nitrogens is 2. The van der Waals surface area contributed by atoms with Gasteiger partial charge in [-0.05, 0) is 43.2 Å². The van der Waals surface area contributed by atoms with Gasteiger partial charge in [0.1, 0.15) is 11.6 Å². The molecule has 3 aromatic heterocycles. The van der Waals surface area contributed by atoms with Gasteiger partial charge < -0.3 is 14.6 Å². The van der Waals surface area contributed by atoms with Crippen molar-refractivity contribution >= 4 is 38.1 Å². The van der Waals surface area contributed by atoms with Crippen molar-refractivity contribution in [1.29, 1.82) is 0 Å². The molecule has 7 rings (SSSR count). The number of aromatic amines is 1. The molecule has 4 aromatic rings. The first-order valence-corrected chi connectivity index (χ1v) is 14.1. The second-order valence-electron chi connectivity index (χ2n) is 10.7. The monoisotopic (exact) mass is 541 g/mol. The number of nitrogens with zero attached hydrogens (tertiary/aromatic N) is 4. The minimum absolute atomic E-state index is 0.101. The van der Waals surface area contributed by atoms with Crippen LogP contribution in [0.5, 0.6) is 0 Å². The normalized spacial score (nSPS) is 21.4. The Hall–Kier alpha value is -2.66. The third-order valence-electron chi connectivity index (χ3n) is 8.12. The second kappa shape index (κ2) is 9.51. The molecule has 0 radical (unpaired) electrons. The standard InChI is InChI=1S/C28H30F3N5OS/c29-22-1-2-23-20(3-6-32-23)26(22)25-14-21-24(38-25)13-18(33-27(21)35-9-11-37-12-10-35)15-34-7-4-19(5-8-34)36-16-28(30,31)17-36/h1-3,6,13-14,19,32H,4-5,7-12,15-17H2. The Morgan fingerprint density at radius 2 is 1.82 bits per heavy atom. The van der Waals surface area contributed by atoms with Crippen molar-refractivity contribution < 1.29 is 17.9 Å². The number of hydrogen-bond donors (Lipinski definition) is 1. The summed E-state index contributed by atoms with van der Waals surface area (Å²) in [6.45, 7) is 5.11. The number of benzene rings is 1. The number of alkyl halides is 2. The lowest BCUT2D eigenvalue weighted by atomic mass is 9.98. The molecule has 38 heavy (non-hydrogen) atoms. The van der Waals surface area contributed by atoms with Crippen molar-refractivity contribution in [3.05, 3.63) is 48.0 Å². The number of halogens is 3. The fourth-order valence-corrected chi connectivity index (χ4v) is 7.30. The molecule has 0 aliphatic carbocycles. The smallest absolute Gasteiger partial charge is 0.272 e. The molecule has 0 amide bonds. The highest BCUT2D eigenvalue weighted by atomic mass is 32.1. The summed E-state index contributed by atoms with van der Waals surface area (Å²) in [6.07, 6.45) is 3.64. The van der Waals surface area contributed by atoms with E-state index in [2.05, 4.69) is 26.9 Å². The molecule has 0 atom stereocenters. The first kappa shape index (κ1) is 24.4. The Morgan fingerprint density at radius 1 is 1.03 bits per heavy atom.